The smallest absolute Gasteiger partial charge is 0.315 e. The molecule has 0 fully saturated rings. The lowest BCUT2D eigenvalue weighted by Gasteiger charge is -2.32. The van der Waals surface area contributed by atoms with Gasteiger partial charge >= 0.3 is 6.03 Å². The number of rotatable bonds is 5. The molecule has 0 aliphatic heterocycles. The van der Waals surface area contributed by atoms with Gasteiger partial charge < -0.3 is 15.7 Å². The van der Waals surface area contributed by atoms with E-state index >= 15 is 0 Å². The summed E-state index contributed by atoms with van der Waals surface area (Å²) in [4.78, 5) is 12.5. The fourth-order valence-corrected chi connectivity index (χ4v) is 2.83. The Morgan fingerprint density at radius 1 is 1.28 bits per heavy atom. The molecule has 0 spiro atoms. The first-order chi connectivity index (χ1) is 11.7. The highest BCUT2D eigenvalue weighted by Crippen LogP contribution is 2.33. The third-order valence-electron chi connectivity index (χ3n) is 4.13. The zero-order chi connectivity index (χ0) is 18.6. The largest absolute Gasteiger partial charge is 0.394 e. The minimum absolute atomic E-state index is 0.152. The Morgan fingerprint density at radius 3 is 2.52 bits per heavy atom. The number of hydrogen-bond acceptors (Lipinski definition) is 3. The van der Waals surface area contributed by atoms with Crippen molar-refractivity contribution in [1.29, 1.82) is 0 Å². The minimum Gasteiger partial charge on any atom is -0.394 e. The van der Waals surface area contributed by atoms with Crippen molar-refractivity contribution in [3.63, 3.8) is 0 Å². The van der Waals surface area contributed by atoms with Crippen molar-refractivity contribution < 1.29 is 9.90 Å². The topological polar surface area (TPSA) is 79.2 Å². The summed E-state index contributed by atoms with van der Waals surface area (Å²) in [6.45, 7) is 8.11. The summed E-state index contributed by atoms with van der Waals surface area (Å²) in [6.07, 6.45) is 3.42. The summed E-state index contributed by atoms with van der Waals surface area (Å²) >= 11 is 0. The summed E-state index contributed by atoms with van der Waals surface area (Å²) < 4.78 is 1.64. The van der Waals surface area contributed by atoms with E-state index in [-0.39, 0.29) is 24.1 Å². The molecule has 0 aliphatic rings. The number of hydrogen-bond donors (Lipinski definition) is 3. The molecule has 1 heterocycles. The Morgan fingerprint density at radius 2 is 2.00 bits per heavy atom. The number of aromatic nitrogens is 2. The SMILES string of the molecule is Cc1cccc(C(NC(=O)NC(CO)c2cnn(C)c2)C(C)(C)C)c1. The van der Waals surface area contributed by atoms with Gasteiger partial charge in [-0.25, -0.2) is 4.79 Å². The van der Waals surface area contributed by atoms with Crippen LogP contribution in [0.2, 0.25) is 0 Å². The third-order valence-corrected chi connectivity index (χ3v) is 4.13. The lowest BCUT2D eigenvalue weighted by Crippen LogP contribution is -2.44. The number of aliphatic hydroxyl groups excluding tert-OH is 1. The van der Waals surface area contributed by atoms with E-state index in [1.165, 1.54) is 0 Å². The molecule has 25 heavy (non-hydrogen) atoms. The third kappa shape index (κ3) is 5.06. The second-order valence-corrected chi connectivity index (χ2v) is 7.51. The molecule has 0 saturated carbocycles. The summed E-state index contributed by atoms with van der Waals surface area (Å²) in [7, 11) is 1.80. The monoisotopic (exact) mass is 344 g/mol. The van der Waals surface area contributed by atoms with Gasteiger partial charge in [0, 0.05) is 18.8 Å². The van der Waals surface area contributed by atoms with Crippen LogP contribution in [0.3, 0.4) is 0 Å². The zero-order valence-corrected chi connectivity index (χ0v) is 15.6. The van der Waals surface area contributed by atoms with Crippen LogP contribution in [0.15, 0.2) is 36.7 Å². The number of amides is 2. The number of nitrogens with zero attached hydrogens (tertiary/aromatic N) is 2. The van der Waals surface area contributed by atoms with Crippen molar-refractivity contribution >= 4 is 6.03 Å². The van der Waals surface area contributed by atoms with Gasteiger partial charge in [0.1, 0.15) is 0 Å². The first-order valence-electron chi connectivity index (χ1n) is 8.43. The van der Waals surface area contributed by atoms with Crippen LogP contribution in [0.4, 0.5) is 4.79 Å². The molecular formula is C19H28N4O2. The van der Waals surface area contributed by atoms with E-state index in [1.807, 2.05) is 25.1 Å². The van der Waals surface area contributed by atoms with E-state index in [0.717, 1.165) is 16.7 Å². The molecule has 0 aliphatic carbocycles. The van der Waals surface area contributed by atoms with E-state index in [9.17, 15) is 9.90 Å². The lowest BCUT2D eigenvalue weighted by atomic mass is 9.82. The molecule has 6 nitrogen and oxygen atoms in total. The standard InChI is InChI=1S/C19H28N4O2/c1-13-7-6-8-14(9-13)17(19(2,3)4)22-18(25)21-16(12-24)15-10-20-23(5)11-15/h6-11,16-17,24H,12H2,1-5H3,(H2,21,22,25). The fraction of sp³-hybridized carbons (Fsp3) is 0.474. The maximum Gasteiger partial charge on any atom is 0.315 e. The molecule has 0 radical (unpaired) electrons. The van der Waals surface area contributed by atoms with Crippen LogP contribution < -0.4 is 10.6 Å². The Labute approximate surface area is 149 Å². The Hall–Kier alpha value is -2.34. The van der Waals surface area contributed by atoms with Gasteiger partial charge in [-0.15, -0.1) is 0 Å². The van der Waals surface area contributed by atoms with Gasteiger partial charge in [-0.2, -0.15) is 5.10 Å². The van der Waals surface area contributed by atoms with Crippen molar-refractivity contribution in [2.75, 3.05) is 6.61 Å². The quantitative estimate of drug-likeness (QED) is 0.780. The molecule has 2 atom stereocenters. The predicted octanol–water partition coefficient (Wildman–Crippen LogP) is 2.85. The first-order valence-corrected chi connectivity index (χ1v) is 8.43. The van der Waals surface area contributed by atoms with Crippen LogP contribution in [-0.4, -0.2) is 27.5 Å². The highest BCUT2D eigenvalue weighted by molar-refractivity contribution is 5.75. The molecule has 1 aromatic carbocycles. The van der Waals surface area contributed by atoms with Crippen LogP contribution in [0.25, 0.3) is 0 Å². The number of carbonyl (C=O) groups excluding carboxylic acids is 1. The molecular weight excluding hydrogens is 316 g/mol. The van der Waals surface area contributed by atoms with Gasteiger partial charge in [-0.1, -0.05) is 50.6 Å². The van der Waals surface area contributed by atoms with E-state index < -0.39 is 6.04 Å². The van der Waals surface area contributed by atoms with E-state index in [0.29, 0.717) is 0 Å². The van der Waals surface area contributed by atoms with Crippen molar-refractivity contribution in [2.45, 2.75) is 39.8 Å². The second-order valence-electron chi connectivity index (χ2n) is 7.51. The summed E-state index contributed by atoms with van der Waals surface area (Å²) in [5.41, 5.74) is 2.82. The number of aryl methyl sites for hydroxylation is 2. The second kappa shape index (κ2) is 7.70. The average Bonchev–Trinajstić information content (AvgIpc) is 2.95. The van der Waals surface area contributed by atoms with Gasteiger partial charge in [-0.3, -0.25) is 4.68 Å². The van der Waals surface area contributed by atoms with Gasteiger partial charge in [0.2, 0.25) is 0 Å². The van der Waals surface area contributed by atoms with E-state index in [1.54, 1.807) is 24.1 Å². The van der Waals surface area contributed by atoms with Crippen molar-refractivity contribution in [1.82, 2.24) is 20.4 Å². The molecule has 2 rings (SSSR count). The number of nitrogens with one attached hydrogen (secondary N) is 2. The normalized spacial score (nSPS) is 14.0. The Kier molecular flexibility index (Phi) is 5.85. The van der Waals surface area contributed by atoms with Crippen LogP contribution in [-0.2, 0) is 7.05 Å². The van der Waals surface area contributed by atoms with E-state index in [2.05, 4.69) is 42.6 Å². The highest BCUT2D eigenvalue weighted by Gasteiger charge is 2.28. The van der Waals surface area contributed by atoms with Crippen LogP contribution in [0, 0.1) is 12.3 Å². The van der Waals surface area contributed by atoms with Crippen molar-refractivity contribution in [2.24, 2.45) is 12.5 Å². The highest BCUT2D eigenvalue weighted by atomic mass is 16.3. The lowest BCUT2D eigenvalue weighted by molar-refractivity contribution is 0.201. The van der Waals surface area contributed by atoms with Crippen LogP contribution in [0.1, 0.15) is 49.5 Å². The molecule has 0 bridgehead atoms. The van der Waals surface area contributed by atoms with Crippen LogP contribution in [0.5, 0.6) is 0 Å². The predicted molar refractivity (Wildman–Crippen MR) is 98.1 cm³/mol. The molecule has 2 amide bonds. The van der Waals surface area contributed by atoms with Crippen LogP contribution >= 0.6 is 0 Å². The molecule has 6 heteroatoms. The Bertz CT molecular complexity index is 718. The maximum absolute atomic E-state index is 12.5. The first kappa shape index (κ1) is 19.0. The van der Waals surface area contributed by atoms with Crippen molar-refractivity contribution in [3.8, 4) is 0 Å². The maximum atomic E-state index is 12.5. The van der Waals surface area contributed by atoms with Gasteiger partial charge in [0.05, 0.1) is 24.9 Å². The zero-order valence-electron chi connectivity index (χ0n) is 15.6. The molecule has 1 aromatic heterocycles. The molecule has 2 unspecified atom stereocenters. The summed E-state index contributed by atoms with van der Waals surface area (Å²) in [5.74, 6) is 0. The molecule has 136 valence electrons. The number of benzene rings is 1. The minimum atomic E-state index is -0.494. The van der Waals surface area contributed by atoms with Gasteiger partial charge in [0.15, 0.2) is 0 Å². The summed E-state index contributed by atoms with van der Waals surface area (Å²) in [6, 6.07) is 7.17. The van der Waals surface area contributed by atoms with Gasteiger partial charge in [0.25, 0.3) is 0 Å². The molecule has 3 N–H and O–H groups in total. The number of urea groups is 1. The molecule has 0 saturated heterocycles. The summed E-state index contributed by atoms with van der Waals surface area (Å²) in [5, 5.41) is 19.6. The number of aliphatic hydroxyl groups is 1. The number of carbonyl (C=O) groups is 1. The molecule has 2 aromatic rings. The average molecular weight is 344 g/mol. The van der Waals surface area contributed by atoms with Crippen molar-refractivity contribution in [3.05, 3.63) is 53.3 Å². The van der Waals surface area contributed by atoms with Gasteiger partial charge in [-0.05, 0) is 17.9 Å². The van der Waals surface area contributed by atoms with E-state index in [4.69, 9.17) is 0 Å². The Balaban J connectivity index is 2.14. The fourth-order valence-electron chi connectivity index (χ4n) is 2.83.